The summed E-state index contributed by atoms with van der Waals surface area (Å²) in [6.07, 6.45) is -3.52. The van der Waals surface area contributed by atoms with E-state index in [2.05, 4.69) is 30.8 Å². The topological polar surface area (TPSA) is 305 Å². The number of carbonyl (C=O) groups excluding carboxylic acids is 8. The predicted octanol–water partition coefficient (Wildman–Crippen LogP) is 0.0492. The molecule has 10 unspecified atom stereocenters. The van der Waals surface area contributed by atoms with Gasteiger partial charge in [0.05, 0.1) is 0 Å². The van der Waals surface area contributed by atoms with Crippen molar-refractivity contribution in [3.8, 4) is 0 Å². The van der Waals surface area contributed by atoms with E-state index in [4.69, 9.17) is 14.0 Å². The third-order valence-corrected chi connectivity index (χ3v) is 12.7. The van der Waals surface area contributed by atoms with Crippen LogP contribution in [0.25, 0.3) is 0 Å². The van der Waals surface area contributed by atoms with E-state index in [0.29, 0.717) is 17.5 Å². The molecule has 2 bridgehead atoms. The van der Waals surface area contributed by atoms with Crippen molar-refractivity contribution in [1.82, 2.24) is 36.4 Å². The molecule has 10 atom stereocenters. The number of esters is 1. The van der Waals surface area contributed by atoms with Gasteiger partial charge in [0.1, 0.15) is 60.9 Å². The second-order valence-electron chi connectivity index (χ2n) is 17.5. The summed E-state index contributed by atoms with van der Waals surface area (Å²) in [5.41, 5.74) is 0.841. The van der Waals surface area contributed by atoms with Gasteiger partial charge in [0.2, 0.25) is 23.6 Å². The summed E-state index contributed by atoms with van der Waals surface area (Å²) in [7, 11) is -2.56. The molecule has 0 saturated carbocycles. The Balaban J connectivity index is 1.83. The highest BCUT2D eigenvalue weighted by Gasteiger charge is 2.46. The highest BCUT2D eigenvalue weighted by Crippen LogP contribution is 2.25. The van der Waals surface area contributed by atoms with E-state index in [0.717, 1.165) is 12.0 Å². The lowest BCUT2D eigenvalue weighted by Gasteiger charge is -2.43. The smallest absolute Gasteiger partial charge is 0.397 e. The van der Waals surface area contributed by atoms with Crippen LogP contribution in [0.3, 0.4) is 0 Å². The number of cyclic esters (lactones) is 1. The second-order valence-corrected chi connectivity index (χ2v) is 18.6. The number of nitrogens with zero attached hydrogens (tertiary/aromatic N) is 2. The molecule has 2 aliphatic heterocycles. The van der Waals surface area contributed by atoms with Crippen molar-refractivity contribution in [2.75, 3.05) is 20.8 Å². The standard InChI is InChI=1S/C47H65N7O15S/c1-9-27(5)38-47(63)69-28(6)39(52-43(59)37(26(3)4)50-42(58)35(67-8)25-68-70(64,65)66)44(60)48-31(10-2)40(56)49-32-21-22-36(55)54(45(32)61)34(24-30-19-15-12-16-20-30)46(62)53(7)33(41(57)51-38)23-29-17-13-11-14-18-29/h10-20,26-28,32-39,55H,9,21-25H2,1-8H3,(H,48,60)(H,49,56)(H,50,58)(H,51,57)(H,52,59)(H,64,65,66). The van der Waals surface area contributed by atoms with E-state index >= 15 is 0 Å². The van der Waals surface area contributed by atoms with E-state index in [-0.39, 0.29) is 25.7 Å². The van der Waals surface area contributed by atoms with Gasteiger partial charge in [-0.2, -0.15) is 8.42 Å². The molecule has 7 amide bonds. The molecule has 0 aliphatic carbocycles. The van der Waals surface area contributed by atoms with Crippen molar-refractivity contribution in [2.24, 2.45) is 11.8 Å². The van der Waals surface area contributed by atoms with Crippen LogP contribution >= 0.6 is 0 Å². The third-order valence-electron chi connectivity index (χ3n) is 12.3. The number of likely N-dealkylation sites (N-methyl/N-ethyl adjacent to an activating group) is 1. The number of methoxy groups -OCH3 is 1. The lowest BCUT2D eigenvalue weighted by Crippen LogP contribution is -2.64. The van der Waals surface area contributed by atoms with Gasteiger partial charge in [-0.15, -0.1) is 0 Å². The van der Waals surface area contributed by atoms with Crippen molar-refractivity contribution in [1.29, 1.82) is 0 Å². The lowest BCUT2D eigenvalue weighted by atomic mass is 9.95. The number of benzene rings is 2. The highest BCUT2D eigenvalue weighted by atomic mass is 32.3. The second kappa shape index (κ2) is 25.5. The number of aliphatic hydroxyl groups excluding tert-OH is 1. The number of hydrogen-bond donors (Lipinski definition) is 7. The minimum Gasteiger partial charge on any atom is -0.458 e. The lowest BCUT2D eigenvalue weighted by molar-refractivity contribution is -0.165. The maximum atomic E-state index is 15.0. The molecule has 7 N–H and O–H groups in total. The minimum absolute atomic E-state index is 0.0620. The van der Waals surface area contributed by atoms with Crippen LogP contribution in [-0.2, 0) is 75.3 Å². The quantitative estimate of drug-likeness (QED) is 0.0705. The summed E-state index contributed by atoms with van der Waals surface area (Å²) in [6.45, 7) is 8.19. The molecule has 384 valence electrons. The monoisotopic (exact) mass is 999 g/mol. The van der Waals surface area contributed by atoms with Crippen LogP contribution in [0.4, 0.5) is 0 Å². The van der Waals surface area contributed by atoms with Crippen LogP contribution in [0.2, 0.25) is 0 Å². The summed E-state index contributed by atoms with van der Waals surface area (Å²) in [4.78, 5) is 116. The van der Waals surface area contributed by atoms with E-state index in [9.17, 15) is 51.9 Å². The Morgan fingerprint density at radius 3 is 2.00 bits per heavy atom. The molecule has 2 saturated heterocycles. The van der Waals surface area contributed by atoms with Gasteiger partial charge in [-0.3, -0.25) is 38.1 Å². The average molecular weight is 1000 g/mol. The fraction of sp³-hybridized carbons (Fsp3) is 0.532. The maximum absolute atomic E-state index is 15.0. The molecule has 2 aliphatic rings. The van der Waals surface area contributed by atoms with Crippen molar-refractivity contribution >= 4 is 57.7 Å². The van der Waals surface area contributed by atoms with Crippen molar-refractivity contribution in [2.45, 2.75) is 128 Å². The first-order valence-electron chi connectivity index (χ1n) is 22.9. The van der Waals surface area contributed by atoms with E-state index in [1.807, 2.05) is 0 Å². The van der Waals surface area contributed by atoms with Crippen LogP contribution in [0.1, 0.15) is 71.9 Å². The zero-order valence-electron chi connectivity index (χ0n) is 40.4. The van der Waals surface area contributed by atoms with Gasteiger partial charge < -0.3 is 51.0 Å². The molecule has 23 heteroatoms. The normalized spacial score (nSPS) is 25.3. The predicted molar refractivity (Wildman–Crippen MR) is 250 cm³/mol. The van der Waals surface area contributed by atoms with E-state index in [1.54, 1.807) is 74.5 Å². The van der Waals surface area contributed by atoms with Crippen molar-refractivity contribution in [3.63, 3.8) is 0 Å². The summed E-state index contributed by atoms with van der Waals surface area (Å²) >= 11 is 0. The Bertz CT molecular complexity index is 2340. The maximum Gasteiger partial charge on any atom is 0.397 e. The number of amides is 7. The molecule has 0 radical (unpaired) electrons. The van der Waals surface area contributed by atoms with Gasteiger partial charge in [0, 0.05) is 27.0 Å². The molecule has 70 heavy (non-hydrogen) atoms. The summed E-state index contributed by atoms with van der Waals surface area (Å²) in [6, 6.07) is 8.69. The average Bonchev–Trinajstić information content (AvgIpc) is 3.32. The zero-order valence-corrected chi connectivity index (χ0v) is 41.3. The van der Waals surface area contributed by atoms with Gasteiger partial charge in [0.15, 0.2) is 6.10 Å². The Morgan fingerprint density at radius 2 is 1.47 bits per heavy atom. The van der Waals surface area contributed by atoms with Gasteiger partial charge in [-0.05, 0) is 49.7 Å². The first kappa shape index (κ1) is 56.3. The zero-order chi connectivity index (χ0) is 52.0. The highest BCUT2D eigenvalue weighted by molar-refractivity contribution is 7.80. The first-order valence-corrected chi connectivity index (χ1v) is 24.3. The van der Waals surface area contributed by atoms with Crippen LogP contribution in [-0.4, -0.2) is 151 Å². The van der Waals surface area contributed by atoms with E-state index < -0.39 is 137 Å². The Kier molecular flexibility index (Phi) is 20.6. The van der Waals surface area contributed by atoms with Gasteiger partial charge >= 0.3 is 16.4 Å². The molecular weight excluding hydrogens is 935 g/mol. The fourth-order valence-electron chi connectivity index (χ4n) is 7.94. The van der Waals surface area contributed by atoms with Crippen LogP contribution in [0, 0.1) is 11.8 Å². The molecule has 0 aromatic heterocycles. The molecule has 0 spiro atoms. The number of carbonyl (C=O) groups is 8. The number of fused-ring (bicyclic) bond motifs is 2. The Hall–Kier alpha value is -6.27. The number of ether oxygens (including phenoxy) is 2. The largest absolute Gasteiger partial charge is 0.458 e. The first-order chi connectivity index (χ1) is 33.0. The van der Waals surface area contributed by atoms with Crippen LogP contribution < -0.4 is 26.6 Å². The fourth-order valence-corrected chi connectivity index (χ4v) is 8.24. The molecule has 2 aromatic rings. The van der Waals surface area contributed by atoms with Gasteiger partial charge in [-0.1, -0.05) is 101 Å². The molecule has 22 nitrogen and oxygen atoms in total. The summed E-state index contributed by atoms with van der Waals surface area (Å²) in [5, 5.41) is 24.2. The Morgan fingerprint density at radius 1 is 0.886 bits per heavy atom. The SMILES string of the molecule is CC=C1NC(=O)C(NC(=O)C(NC(=O)C(COS(=O)(=O)O)OC)C(C)C)C(C)OC(=O)C(C(C)CC)NC(=O)C(Cc2ccccc2)N(C)C(=O)C(Cc2ccccc2)N2C(=O)C(CCC2O)NC1=O. The molecule has 4 rings (SSSR count). The summed E-state index contributed by atoms with van der Waals surface area (Å²) < 4.78 is 46.6. The van der Waals surface area contributed by atoms with Crippen molar-refractivity contribution < 1.29 is 70.1 Å². The number of hydrogen-bond acceptors (Lipinski definition) is 14. The molecule has 2 heterocycles. The molecule has 2 fully saturated rings. The van der Waals surface area contributed by atoms with Gasteiger partial charge in [0.25, 0.3) is 17.7 Å². The van der Waals surface area contributed by atoms with Gasteiger partial charge in [-0.25, -0.2) is 8.98 Å². The minimum atomic E-state index is -4.98. The number of nitrogens with one attached hydrogen (secondary N) is 5. The number of allylic oxidation sites excluding steroid dienone is 1. The van der Waals surface area contributed by atoms with Crippen molar-refractivity contribution in [3.05, 3.63) is 83.6 Å². The summed E-state index contributed by atoms with van der Waals surface area (Å²) in [5.74, 6) is -8.85. The molecule has 2 aromatic carbocycles. The Labute approximate surface area is 407 Å². The molecular formula is C47H65N7O15S. The number of piperidine rings is 1. The third kappa shape index (κ3) is 15.1. The van der Waals surface area contributed by atoms with Crippen LogP contribution in [0.15, 0.2) is 72.4 Å². The van der Waals surface area contributed by atoms with E-state index in [1.165, 1.54) is 45.7 Å². The number of aliphatic hydroxyl groups is 1. The van der Waals surface area contributed by atoms with Crippen LogP contribution in [0.5, 0.6) is 0 Å². The number of rotatable bonds is 15.